The van der Waals surface area contributed by atoms with E-state index in [-0.39, 0.29) is 0 Å². The van der Waals surface area contributed by atoms with Crippen LogP contribution in [0.15, 0.2) is 0 Å². The first kappa shape index (κ1) is 12.4. The van der Waals surface area contributed by atoms with Gasteiger partial charge in [0.25, 0.3) is 0 Å². The number of nitrogens with two attached hydrogens (primary N) is 1. The lowest BCUT2D eigenvalue weighted by atomic mass is 9.82. The van der Waals surface area contributed by atoms with E-state index >= 15 is 0 Å². The molecule has 0 spiro atoms. The lowest BCUT2D eigenvalue weighted by Gasteiger charge is -2.27. The molecule has 1 unspecified atom stereocenters. The highest BCUT2D eigenvalue weighted by molar-refractivity contribution is 4.96. The van der Waals surface area contributed by atoms with E-state index in [1.807, 2.05) is 0 Å². The normalized spacial score (nSPS) is 37.3. The molecular weight excluding hydrogens is 196 g/mol. The number of hydrogen-bond acceptors (Lipinski definition) is 2. The Labute approximate surface area is 100 Å². The molecule has 3 N–H and O–H groups in total. The Bertz CT molecular complexity index is 217. The van der Waals surface area contributed by atoms with Gasteiger partial charge >= 0.3 is 0 Å². The zero-order valence-electron chi connectivity index (χ0n) is 11.0. The van der Waals surface area contributed by atoms with Crippen LogP contribution >= 0.6 is 0 Å². The minimum absolute atomic E-state index is 0.629. The van der Waals surface area contributed by atoms with Crippen LogP contribution < -0.4 is 11.1 Å². The number of nitrogens with one attached hydrogen (secondary N) is 1. The van der Waals surface area contributed by atoms with E-state index in [0.717, 1.165) is 24.3 Å². The molecule has 94 valence electrons. The summed E-state index contributed by atoms with van der Waals surface area (Å²) in [4.78, 5) is 0. The van der Waals surface area contributed by atoms with Crippen molar-refractivity contribution >= 4 is 0 Å². The van der Waals surface area contributed by atoms with Crippen LogP contribution in [0.1, 0.15) is 46.0 Å². The predicted octanol–water partition coefficient (Wildman–Crippen LogP) is 2.39. The molecule has 2 saturated carbocycles. The Morgan fingerprint density at radius 1 is 1.06 bits per heavy atom. The summed E-state index contributed by atoms with van der Waals surface area (Å²) in [5.41, 5.74) is 6.34. The van der Waals surface area contributed by atoms with Crippen molar-refractivity contribution in [3.05, 3.63) is 0 Å². The zero-order chi connectivity index (χ0) is 11.6. The molecular formula is C14H28N2. The van der Waals surface area contributed by atoms with Crippen LogP contribution in [0, 0.1) is 23.2 Å². The zero-order valence-corrected chi connectivity index (χ0v) is 11.0. The van der Waals surface area contributed by atoms with Crippen LogP contribution in [0.4, 0.5) is 0 Å². The highest BCUT2D eigenvalue weighted by atomic mass is 14.9. The summed E-state index contributed by atoms with van der Waals surface area (Å²) in [5, 5.41) is 3.67. The number of hydrogen-bond donors (Lipinski definition) is 2. The Morgan fingerprint density at radius 2 is 1.62 bits per heavy atom. The van der Waals surface area contributed by atoms with Gasteiger partial charge in [0.2, 0.25) is 0 Å². The molecule has 0 aromatic carbocycles. The monoisotopic (exact) mass is 224 g/mol. The van der Waals surface area contributed by atoms with Gasteiger partial charge in [0, 0.05) is 0 Å². The maximum atomic E-state index is 5.71. The van der Waals surface area contributed by atoms with E-state index in [1.165, 1.54) is 45.2 Å². The first-order valence-corrected chi connectivity index (χ1v) is 7.02. The summed E-state index contributed by atoms with van der Waals surface area (Å²) in [6.45, 7) is 8.14. The van der Waals surface area contributed by atoms with Crippen molar-refractivity contribution in [3.63, 3.8) is 0 Å². The molecule has 0 aromatic rings. The smallest absolute Gasteiger partial charge is 0.00151 e. The minimum Gasteiger partial charge on any atom is -0.330 e. The second kappa shape index (κ2) is 5.05. The van der Waals surface area contributed by atoms with Crippen molar-refractivity contribution in [1.29, 1.82) is 0 Å². The first-order chi connectivity index (χ1) is 7.62. The summed E-state index contributed by atoms with van der Waals surface area (Å²) in [7, 11) is 0. The van der Waals surface area contributed by atoms with E-state index in [9.17, 15) is 0 Å². The van der Waals surface area contributed by atoms with E-state index in [4.69, 9.17) is 5.73 Å². The maximum absolute atomic E-state index is 5.71. The van der Waals surface area contributed by atoms with Crippen molar-refractivity contribution in [2.45, 2.75) is 46.0 Å². The Hall–Kier alpha value is -0.0800. The Kier molecular flexibility index (Phi) is 3.91. The Balaban J connectivity index is 1.54. The fourth-order valence-corrected chi connectivity index (χ4v) is 3.06. The van der Waals surface area contributed by atoms with Gasteiger partial charge in [0.05, 0.1) is 0 Å². The SMILES string of the molecule is CC1(C)CC1CNCC1CCC(CN)CC1. The molecule has 2 nitrogen and oxygen atoms in total. The molecule has 0 aromatic heterocycles. The van der Waals surface area contributed by atoms with Crippen LogP contribution in [0.3, 0.4) is 0 Å². The van der Waals surface area contributed by atoms with Crippen LogP contribution in [0.2, 0.25) is 0 Å². The second-order valence-electron chi connectivity index (χ2n) is 6.67. The van der Waals surface area contributed by atoms with Gasteiger partial charge in [0.1, 0.15) is 0 Å². The van der Waals surface area contributed by atoms with Gasteiger partial charge in [-0.15, -0.1) is 0 Å². The molecule has 2 rings (SSSR count). The van der Waals surface area contributed by atoms with Crippen molar-refractivity contribution in [3.8, 4) is 0 Å². The van der Waals surface area contributed by atoms with Gasteiger partial charge in [-0.2, -0.15) is 0 Å². The fourth-order valence-electron chi connectivity index (χ4n) is 3.06. The molecule has 2 fully saturated rings. The molecule has 0 saturated heterocycles. The third-order valence-electron chi connectivity index (χ3n) is 4.84. The quantitative estimate of drug-likeness (QED) is 0.752. The van der Waals surface area contributed by atoms with Gasteiger partial charge < -0.3 is 11.1 Å². The van der Waals surface area contributed by atoms with E-state index in [0.29, 0.717) is 5.41 Å². The lowest BCUT2D eigenvalue weighted by molar-refractivity contribution is 0.271. The lowest BCUT2D eigenvalue weighted by Crippen LogP contribution is -2.30. The molecule has 16 heavy (non-hydrogen) atoms. The highest BCUT2D eigenvalue weighted by Gasteiger charge is 2.44. The van der Waals surface area contributed by atoms with Crippen LogP contribution in [0.5, 0.6) is 0 Å². The van der Waals surface area contributed by atoms with Crippen molar-refractivity contribution in [2.24, 2.45) is 28.9 Å². The van der Waals surface area contributed by atoms with Gasteiger partial charge in [0.15, 0.2) is 0 Å². The van der Waals surface area contributed by atoms with Crippen LogP contribution in [-0.2, 0) is 0 Å². The summed E-state index contributed by atoms with van der Waals surface area (Å²) in [6, 6.07) is 0. The maximum Gasteiger partial charge on any atom is -0.00151 e. The highest BCUT2D eigenvalue weighted by Crippen LogP contribution is 2.51. The van der Waals surface area contributed by atoms with Gasteiger partial charge in [-0.05, 0) is 74.9 Å². The second-order valence-corrected chi connectivity index (χ2v) is 6.67. The molecule has 0 amide bonds. The Morgan fingerprint density at radius 3 is 2.12 bits per heavy atom. The van der Waals surface area contributed by atoms with E-state index in [1.54, 1.807) is 0 Å². The van der Waals surface area contributed by atoms with Gasteiger partial charge in [-0.25, -0.2) is 0 Å². The molecule has 0 aliphatic heterocycles. The van der Waals surface area contributed by atoms with Crippen LogP contribution in [0.25, 0.3) is 0 Å². The van der Waals surface area contributed by atoms with Crippen molar-refractivity contribution < 1.29 is 0 Å². The molecule has 2 aliphatic carbocycles. The summed E-state index contributed by atoms with van der Waals surface area (Å²) in [6.07, 6.45) is 6.92. The standard InChI is InChI=1S/C14H28N2/c1-14(2)7-13(14)10-16-9-12-5-3-11(8-15)4-6-12/h11-13,16H,3-10,15H2,1-2H3. The molecule has 0 radical (unpaired) electrons. The molecule has 0 bridgehead atoms. The van der Waals surface area contributed by atoms with Crippen molar-refractivity contribution in [2.75, 3.05) is 19.6 Å². The molecule has 2 aliphatic rings. The van der Waals surface area contributed by atoms with Crippen molar-refractivity contribution in [1.82, 2.24) is 5.32 Å². The third kappa shape index (κ3) is 3.21. The van der Waals surface area contributed by atoms with E-state index < -0.39 is 0 Å². The summed E-state index contributed by atoms with van der Waals surface area (Å²) in [5.74, 6) is 2.68. The third-order valence-corrected chi connectivity index (χ3v) is 4.84. The first-order valence-electron chi connectivity index (χ1n) is 7.02. The number of rotatable bonds is 5. The van der Waals surface area contributed by atoms with Crippen LogP contribution in [-0.4, -0.2) is 19.6 Å². The molecule has 0 heterocycles. The van der Waals surface area contributed by atoms with Gasteiger partial charge in [-0.1, -0.05) is 13.8 Å². The topological polar surface area (TPSA) is 38.0 Å². The predicted molar refractivity (Wildman–Crippen MR) is 69.3 cm³/mol. The average molecular weight is 224 g/mol. The molecule has 2 heteroatoms. The average Bonchev–Trinajstić information content (AvgIpc) is 2.87. The minimum atomic E-state index is 0.629. The largest absolute Gasteiger partial charge is 0.330 e. The van der Waals surface area contributed by atoms with Gasteiger partial charge in [-0.3, -0.25) is 0 Å². The summed E-state index contributed by atoms with van der Waals surface area (Å²) < 4.78 is 0. The summed E-state index contributed by atoms with van der Waals surface area (Å²) >= 11 is 0. The molecule has 1 atom stereocenters. The van der Waals surface area contributed by atoms with E-state index in [2.05, 4.69) is 19.2 Å². The fraction of sp³-hybridized carbons (Fsp3) is 1.00.